The second-order valence-electron chi connectivity index (χ2n) is 4.75. The van der Waals surface area contributed by atoms with Gasteiger partial charge < -0.3 is 10.2 Å². The van der Waals surface area contributed by atoms with Crippen molar-refractivity contribution in [1.82, 2.24) is 4.31 Å². The summed E-state index contributed by atoms with van der Waals surface area (Å²) in [4.78, 5) is 10.4. The van der Waals surface area contributed by atoms with Crippen molar-refractivity contribution in [3.8, 4) is 0 Å². The van der Waals surface area contributed by atoms with Gasteiger partial charge in [0.15, 0.2) is 0 Å². The molecule has 18 heavy (non-hydrogen) atoms. The highest BCUT2D eigenvalue weighted by Crippen LogP contribution is 2.24. The number of rotatable bonds is 6. The highest BCUT2D eigenvalue weighted by atomic mass is 32.2. The van der Waals surface area contributed by atoms with Gasteiger partial charge in [0.25, 0.3) is 0 Å². The zero-order valence-electron chi connectivity index (χ0n) is 10.6. The molecule has 1 aliphatic carbocycles. The smallest absolute Gasteiger partial charge is 0.303 e. The Morgan fingerprint density at radius 2 is 1.94 bits per heavy atom. The fraction of sp³-hybridized carbons (Fsp3) is 0.909. The Bertz CT molecular complexity index is 381. The summed E-state index contributed by atoms with van der Waals surface area (Å²) < 4.78 is 25.2. The van der Waals surface area contributed by atoms with Gasteiger partial charge in [-0.3, -0.25) is 4.79 Å². The predicted molar refractivity (Wildman–Crippen MR) is 66.7 cm³/mol. The van der Waals surface area contributed by atoms with Gasteiger partial charge in [0.05, 0.1) is 17.9 Å². The summed E-state index contributed by atoms with van der Waals surface area (Å²) in [6.45, 7) is 0. The second-order valence-corrected chi connectivity index (χ2v) is 6.90. The van der Waals surface area contributed by atoms with Gasteiger partial charge in [-0.05, 0) is 19.3 Å². The van der Waals surface area contributed by atoms with Gasteiger partial charge in [-0.2, -0.15) is 4.31 Å². The lowest BCUT2D eigenvalue weighted by Gasteiger charge is -2.34. The van der Waals surface area contributed by atoms with Gasteiger partial charge in [0.2, 0.25) is 10.0 Å². The molecule has 0 saturated heterocycles. The number of hydrogen-bond donors (Lipinski definition) is 2. The summed E-state index contributed by atoms with van der Waals surface area (Å²) in [5.41, 5.74) is 0. The van der Waals surface area contributed by atoms with Crippen molar-refractivity contribution in [2.75, 3.05) is 12.8 Å². The van der Waals surface area contributed by atoms with Crippen LogP contribution >= 0.6 is 0 Å². The van der Waals surface area contributed by atoms with E-state index in [-0.39, 0.29) is 24.6 Å². The van der Waals surface area contributed by atoms with Crippen molar-refractivity contribution in [1.29, 1.82) is 0 Å². The average Bonchev–Trinajstić information content (AvgIpc) is 2.28. The van der Waals surface area contributed by atoms with Crippen molar-refractivity contribution >= 4 is 16.0 Å². The third-order valence-corrected chi connectivity index (χ3v) is 5.35. The number of carboxylic acid groups (broad SMARTS) is 1. The van der Waals surface area contributed by atoms with E-state index in [1.165, 1.54) is 11.4 Å². The van der Waals surface area contributed by atoms with Crippen LogP contribution in [-0.2, 0) is 14.8 Å². The first kappa shape index (κ1) is 15.4. The maximum Gasteiger partial charge on any atom is 0.303 e. The van der Waals surface area contributed by atoms with E-state index >= 15 is 0 Å². The molecule has 0 radical (unpaired) electrons. The number of nitrogens with zero attached hydrogens (tertiary/aromatic N) is 1. The standard InChI is InChI=1S/C11H21NO5S/c1-12(9-5-2-3-6-10(9)13)18(16,17)8-4-7-11(14)15/h9-10,13H,2-8H2,1H3,(H,14,15). The fourth-order valence-electron chi connectivity index (χ4n) is 2.27. The van der Waals surface area contributed by atoms with Crippen molar-refractivity contribution in [2.45, 2.75) is 50.7 Å². The van der Waals surface area contributed by atoms with Gasteiger partial charge >= 0.3 is 5.97 Å². The molecule has 6 nitrogen and oxygen atoms in total. The van der Waals surface area contributed by atoms with Crippen LogP contribution in [-0.4, -0.2) is 53.9 Å². The molecule has 2 atom stereocenters. The molecule has 1 rings (SSSR count). The average molecular weight is 279 g/mol. The maximum atomic E-state index is 12.0. The Labute approximate surface area is 108 Å². The highest BCUT2D eigenvalue weighted by Gasteiger charge is 2.32. The summed E-state index contributed by atoms with van der Waals surface area (Å²) in [6.07, 6.45) is 2.46. The quantitative estimate of drug-likeness (QED) is 0.734. The third kappa shape index (κ3) is 4.22. The zero-order valence-corrected chi connectivity index (χ0v) is 11.4. The predicted octanol–water partition coefficient (Wildman–Crippen LogP) is 0.416. The number of aliphatic hydroxyl groups is 1. The third-order valence-electron chi connectivity index (χ3n) is 3.39. The lowest BCUT2D eigenvalue weighted by molar-refractivity contribution is -0.137. The van der Waals surface area contributed by atoms with Crippen LogP contribution in [0.2, 0.25) is 0 Å². The van der Waals surface area contributed by atoms with Crippen LogP contribution in [0.1, 0.15) is 38.5 Å². The molecule has 106 valence electrons. The van der Waals surface area contributed by atoms with E-state index in [0.29, 0.717) is 12.8 Å². The van der Waals surface area contributed by atoms with Crippen LogP contribution in [0.15, 0.2) is 0 Å². The Hall–Kier alpha value is -0.660. The normalized spacial score (nSPS) is 25.3. The van der Waals surface area contributed by atoms with E-state index in [1.807, 2.05) is 0 Å². The molecule has 0 heterocycles. The van der Waals surface area contributed by atoms with E-state index in [2.05, 4.69) is 0 Å². The summed E-state index contributed by atoms with van der Waals surface area (Å²) >= 11 is 0. The molecule has 1 aliphatic rings. The summed E-state index contributed by atoms with van der Waals surface area (Å²) in [6, 6.07) is -0.367. The van der Waals surface area contributed by atoms with Crippen molar-refractivity contribution in [3.63, 3.8) is 0 Å². The summed E-state index contributed by atoms with van der Waals surface area (Å²) in [5, 5.41) is 18.3. The summed E-state index contributed by atoms with van der Waals surface area (Å²) in [5.74, 6) is -1.18. The van der Waals surface area contributed by atoms with Gasteiger partial charge in [-0.1, -0.05) is 12.8 Å². The molecule has 7 heteroatoms. The fourth-order valence-corrected chi connectivity index (χ4v) is 3.73. The molecular weight excluding hydrogens is 258 g/mol. The molecule has 0 amide bonds. The number of carboxylic acids is 1. The molecule has 1 fully saturated rings. The van der Waals surface area contributed by atoms with Crippen LogP contribution in [0.5, 0.6) is 0 Å². The molecule has 0 bridgehead atoms. The van der Waals surface area contributed by atoms with E-state index in [4.69, 9.17) is 5.11 Å². The Balaban J connectivity index is 2.57. The Morgan fingerprint density at radius 1 is 1.33 bits per heavy atom. The number of sulfonamides is 1. The maximum absolute atomic E-state index is 12.0. The number of aliphatic carboxylic acids is 1. The first-order chi connectivity index (χ1) is 8.34. The van der Waals surface area contributed by atoms with Crippen LogP contribution in [0.4, 0.5) is 0 Å². The molecule has 0 aromatic carbocycles. The Kier molecular flexibility index (Phi) is 5.55. The number of aliphatic hydroxyl groups excluding tert-OH is 1. The van der Waals surface area contributed by atoms with E-state index < -0.39 is 22.1 Å². The van der Waals surface area contributed by atoms with Crippen molar-refractivity contribution in [3.05, 3.63) is 0 Å². The van der Waals surface area contributed by atoms with Crippen molar-refractivity contribution < 1.29 is 23.4 Å². The molecule has 1 saturated carbocycles. The lowest BCUT2D eigenvalue weighted by Crippen LogP contribution is -2.47. The molecule has 0 aromatic rings. The van der Waals surface area contributed by atoms with Gasteiger partial charge in [-0.15, -0.1) is 0 Å². The molecule has 0 aliphatic heterocycles. The van der Waals surface area contributed by atoms with Crippen LogP contribution in [0, 0.1) is 0 Å². The molecule has 0 aromatic heterocycles. The van der Waals surface area contributed by atoms with E-state index in [0.717, 1.165) is 12.8 Å². The lowest BCUT2D eigenvalue weighted by atomic mass is 9.93. The molecule has 2 unspecified atom stereocenters. The minimum Gasteiger partial charge on any atom is -0.481 e. The van der Waals surface area contributed by atoms with Crippen LogP contribution in [0.25, 0.3) is 0 Å². The van der Waals surface area contributed by atoms with Gasteiger partial charge in [0.1, 0.15) is 0 Å². The minimum absolute atomic E-state index is 0.102. The number of carbonyl (C=O) groups is 1. The second kappa shape index (κ2) is 6.49. The van der Waals surface area contributed by atoms with E-state index in [9.17, 15) is 18.3 Å². The first-order valence-corrected chi connectivity index (χ1v) is 7.81. The summed E-state index contributed by atoms with van der Waals surface area (Å²) in [7, 11) is -2.01. The highest BCUT2D eigenvalue weighted by molar-refractivity contribution is 7.89. The topological polar surface area (TPSA) is 94.9 Å². The zero-order chi connectivity index (χ0) is 13.8. The number of hydrogen-bond acceptors (Lipinski definition) is 4. The van der Waals surface area contributed by atoms with Crippen LogP contribution < -0.4 is 0 Å². The largest absolute Gasteiger partial charge is 0.481 e. The first-order valence-electron chi connectivity index (χ1n) is 6.20. The SMILES string of the molecule is CN(C1CCCCC1O)S(=O)(=O)CCCC(=O)O. The molecular formula is C11H21NO5S. The van der Waals surface area contributed by atoms with Crippen LogP contribution in [0.3, 0.4) is 0 Å². The minimum atomic E-state index is -3.48. The molecule has 2 N–H and O–H groups in total. The molecule has 0 spiro atoms. The number of likely N-dealkylation sites (N-methyl/N-ethyl adjacent to an activating group) is 1. The Morgan fingerprint density at radius 3 is 2.50 bits per heavy atom. The monoisotopic (exact) mass is 279 g/mol. The van der Waals surface area contributed by atoms with Crippen molar-refractivity contribution in [2.24, 2.45) is 0 Å². The van der Waals surface area contributed by atoms with E-state index in [1.54, 1.807) is 0 Å². The van der Waals surface area contributed by atoms with Gasteiger partial charge in [-0.25, -0.2) is 8.42 Å². The van der Waals surface area contributed by atoms with Gasteiger partial charge in [0, 0.05) is 13.5 Å².